The first kappa shape index (κ1) is 79.9. The summed E-state index contributed by atoms with van der Waals surface area (Å²) in [7, 11) is 3.97. The van der Waals surface area contributed by atoms with Crippen molar-refractivity contribution in [2.45, 2.75) is 256 Å². The van der Waals surface area contributed by atoms with Crippen molar-refractivity contribution in [3.8, 4) is 12.1 Å². The lowest BCUT2D eigenvalue weighted by Gasteiger charge is -2.40. The number of nitrogens with one attached hydrogen (secondary N) is 3. The number of amides is 6. The highest BCUT2D eigenvalue weighted by molar-refractivity contribution is 9.09. The third-order valence-corrected chi connectivity index (χ3v) is 16.1. The van der Waals surface area contributed by atoms with Crippen molar-refractivity contribution < 1.29 is 76.3 Å². The average molecular weight is 1340 g/mol. The van der Waals surface area contributed by atoms with E-state index in [0.29, 0.717) is 84.2 Å². The highest BCUT2D eigenvalue weighted by Crippen LogP contribution is 2.39. The molecule has 7 saturated heterocycles. The molecule has 27 heteroatoms. The molecular weight excluding hydrogens is 1230 g/mol. The van der Waals surface area contributed by atoms with Crippen molar-refractivity contribution in [2.24, 2.45) is 5.73 Å². The predicted molar refractivity (Wildman–Crippen MR) is 338 cm³/mol. The summed E-state index contributed by atoms with van der Waals surface area (Å²) in [5.74, 6) is -1.02. The van der Waals surface area contributed by atoms with Gasteiger partial charge in [-0.2, -0.15) is 10.5 Å². The number of hydrogen-bond donors (Lipinski definition) is 4. The number of halogens is 1. The van der Waals surface area contributed by atoms with Crippen LogP contribution in [-0.4, -0.2) is 203 Å². The molecule has 0 aromatic rings. The fourth-order valence-corrected chi connectivity index (χ4v) is 11.9. The first-order valence-electron chi connectivity index (χ1n) is 31.6. The molecule has 0 saturated carbocycles. The van der Waals surface area contributed by atoms with Gasteiger partial charge >= 0.3 is 42.3 Å². The van der Waals surface area contributed by atoms with Gasteiger partial charge in [0, 0.05) is 57.4 Å². The summed E-state index contributed by atoms with van der Waals surface area (Å²) in [6.07, 6.45) is 12.1. The van der Waals surface area contributed by atoms with E-state index < -0.39 is 69.3 Å². The standard InChI is InChI=1S/C14H26N2O4.C14H22N2O4.C13H22N2O3.C11H19NO4.C8H14N2O.C3H4BrN/c2*1-13(2,3)20-12(18)16-10-6-8-14(16,7-5-9-15)11(17)19-4;1-12(2,3)18-11(17)15-9-5-7-13(15)6-4-8-14-10(13)16;1-11(2,3)16-10(14)12-7-5-6-8(12)9(13)15-4;11-7-8(3-1-5-9-7)4-2-6-10-8;4-2-1-3-5/h5-10,15H2,1-4H3;5-8,10H2,1-4H3;4-9H2,1-3H3,(H,14,16);8H,5-7H2,1-4H3;10H,1-6H2,(H,9,11);1-2H2/t;;;8-;;/m...0../s1. The Morgan fingerprint density at radius 1 is 0.544 bits per heavy atom. The van der Waals surface area contributed by atoms with Gasteiger partial charge in [0.15, 0.2) is 0 Å². The molecule has 7 fully saturated rings. The Balaban J connectivity index is 0.000000379. The zero-order chi connectivity index (χ0) is 68.4. The van der Waals surface area contributed by atoms with Gasteiger partial charge < -0.3 is 54.8 Å². The summed E-state index contributed by atoms with van der Waals surface area (Å²) in [4.78, 5) is 114. The van der Waals surface area contributed by atoms with Crippen molar-refractivity contribution in [3.63, 3.8) is 0 Å². The molecule has 6 amide bonds. The maximum atomic E-state index is 12.3. The van der Waals surface area contributed by atoms with Crippen LogP contribution in [-0.2, 0) is 57.1 Å². The van der Waals surface area contributed by atoms with Crippen molar-refractivity contribution in [3.05, 3.63) is 0 Å². The maximum absolute atomic E-state index is 12.3. The fraction of sp³-hybridized carbons (Fsp3) is 0.825. The molecule has 90 heavy (non-hydrogen) atoms. The SMILES string of the molecule is CC(C)(C)OC(=O)N1CCCC12CCCNC2=O.COC(=O)C1(CCC#N)CCCN1C(=O)OC(C)(C)C.COC(=O)C1(CCCN)CCCN1C(=O)OC(C)(C)C.COC(=O)[C@@H]1CCCN1C(=O)OC(C)(C)C.N#CCCBr.O=C1NCCCC12CCCN2. The predicted octanol–water partition coefficient (Wildman–Crippen LogP) is 8.44. The molecule has 0 bridgehead atoms. The number of nitrogens with zero attached hydrogens (tertiary/aromatic N) is 6. The van der Waals surface area contributed by atoms with Gasteiger partial charge in [0.2, 0.25) is 11.8 Å². The second kappa shape index (κ2) is 36.2. The molecule has 0 aliphatic carbocycles. The van der Waals surface area contributed by atoms with Gasteiger partial charge in [-0.05, 0) is 205 Å². The van der Waals surface area contributed by atoms with Crippen LogP contribution in [0.4, 0.5) is 19.2 Å². The normalized spacial score (nSPS) is 24.3. The lowest BCUT2D eigenvalue weighted by atomic mass is 9.87. The molecule has 0 radical (unpaired) electrons. The Bertz CT molecular complexity index is 2480. The van der Waals surface area contributed by atoms with Crippen LogP contribution >= 0.6 is 15.9 Å². The first-order chi connectivity index (χ1) is 42.0. The summed E-state index contributed by atoms with van der Waals surface area (Å²) < 4.78 is 35.8. The molecule has 7 heterocycles. The number of nitriles is 2. The van der Waals surface area contributed by atoms with Gasteiger partial charge in [0.1, 0.15) is 45.1 Å². The van der Waals surface area contributed by atoms with E-state index in [-0.39, 0.29) is 48.2 Å². The van der Waals surface area contributed by atoms with Gasteiger partial charge in [0.05, 0.1) is 39.0 Å². The molecule has 4 unspecified atom stereocenters. The summed E-state index contributed by atoms with van der Waals surface area (Å²) in [6, 6.07) is 3.50. The quantitative estimate of drug-likeness (QED) is 0.0955. The number of carbonyl (C=O) groups is 9. The highest BCUT2D eigenvalue weighted by Gasteiger charge is 2.54. The van der Waals surface area contributed by atoms with Crippen LogP contribution in [0.15, 0.2) is 0 Å². The largest absolute Gasteiger partial charge is 0.467 e. The minimum atomic E-state index is -1.06. The third-order valence-electron chi connectivity index (χ3n) is 15.7. The number of ether oxygens (including phenoxy) is 7. The highest BCUT2D eigenvalue weighted by atomic mass is 79.9. The molecule has 7 aliphatic heterocycles. The van der Waals surface area contributed by atoms with Crippen LogP contribution in [0.5, 0.6) is 0 Å². The number of alkyl halides is 1. The molecule has 512 valence electrons. The number of methoxy groups -OCH3 is 3. The minimum absolute atomic E-state index is 0.0166. The molecule has 0 aromatic carbocycles. The Morgan fingerprint density at radius 2 is 0.967 bits per heavy atom. The van der Waals surface area contributed by atoms with Gasteiger partial charge in [-0.1, -0.05) is 15.9 Å². The third kappa shape index (κ3) is 23.8. The van der Waals surface area contributed by atoms with E-state index in [1.165, 1.54) is 36.0 Å². The van der Waals surface area contributed by atoms with E-state index in [1.54, 1.807) is 67.2 Å². The van der Waals surface area contributed by atoms with Crippen LogP contribution in [0.25, 0.3) is 0 Å². The van der Waals surface area contributed by atoms with Crippen molar-refractivity contribution in [1.82, 2.24) is 35.6 Å². The minimum Gasteiger partial charge on any atom is -0.467 e. The summed E-state index contributed by atoms with van der Waals surface area (Å²) in [5, 5.41) is 26.4. The average Bonchev–Trinajstić information content (AvgIpc) is 1.58. The zero-order valence-electron chi connectivity index (χ0n) is 56.5. The van der Waals surface area contributed by atoms with Crippen molar-refractivity contribution in [2.75, 3.05) is 79.0 Å². The van der Waals surface area contributed by atoms with Crippen LogP contribution in [0, 0.1) is 22.7 Å². The molecule has 7 rings (SSSR count). The molecule has 2 spiro atoms. The lowest BCUT2D eigenvalue weighted by molar-refractivity contribution is -0.154. The number of carbonyl (C=O) groups excluding carboxylic acids is 9. The van der Waals surface area contributed by atoms with Gasteiger partial charge in [-0.3, -0.25) is 29.2 Å². The summed E-state index contributed by atoms with van der Waals surface area (Å²) >= 11 is 3.09. The number of rotatable bonds is 9. The smallest absolute Gasteiger partial charge is 0.411 e. The Morgan fingerprint density at radius 3 is 1.38 bits per heavy atom. The number of likely N-dealkylation sites (tertiary alicyclic amines) is 4. The lowest BCUT2D eigenvalue weighted by Crippen LogP contribution is -2.60. The monoisotopic (exact) mass is 1340 g/mol. The number of hydrogen-bond acceptors (Lipinski definition) is 20. The summed E-state index contributed by atoms with van der Waals surface area (Å²) in [6.45, 7) is 26.8. The second-order valence-electron chi connectivity index (χ2n) is 27.1. The van der Waals surface area contributed by atoms with Crippen molar-refractivity contribution in [1.29, 1.82) is 10.5 Å². The zero-order valence-corrected chi connectivity index (χ0v) is 58.1. The molecule has 5 N–H and O–H groups in total. The van der Waals surface area contributed by atoms with Gasteiger partial charge in [-0.25, -0.2) is 33.6 Å². The number of piperidine rings is 2. The Hall–Kier alpha value is -6.19. The first-order valence-corrected chi connectivity index (χ1v) is 32.7. The van der Waals surface area contributed by atoms with E-state index in [9.17, 15) is 43.2 Å². The number of nitrogens with two attached hydrogens (primary N) is 1. The molecule has 5 atom stereocenters. The second-order valence-corrected chi connectivity index (χ2v) is 27.9. The van der Waals surface area contributed by atoms with E-state index in [2.05, 4.69) is 36.6 Å². The van der Waals surface area contributed by atoms with E-state index in [4.69, 9.17) is 44.7 Å². The van der Waals surface area contributed by atoms with E-state index in [1.807, 2.05) is 32.9 Å². The van der Waals surface area contributed by atoms with Crippen LogP contribution in [0.1, 0.15) is 205 Å². The molecule has 7 aliphatic rings. The fourth-order valence-electron chi connectivity index (χ4n) is 11.7. The molecule has 26 nitrogen and oxygen atoms in total. The van der Waals surface area contributed by atoms with E-state index in [0.717, 1.165) is 82.6 Å². The topological polar surface area (TPSA) is 341 Å². The van der Waals surface area contributed by atoms with Crippen LogP contribution in [0.3, 0.4) is 0 Å². The molecular formula is C63H107BrN10O16. The maximum Gasteiger partial charge on any atom is 0.411 e. The van der Waals surface area contributed by atoms with Crippen LogP contribution in [0.2, 0.25) is 0 Å². The van der Waals surface area contributed by atoms with E-state index >= 15 is 0 Å². The number of esters is 3. The van der Waals surface area contributed by atoms with Crippen LogP contribution < -0.4 is 21.7 Å². The van der Waals surface area contributed by atoms with Crippen molar-refractivity contribution >= 4 is 70.0 Å². The van der Waals surface area contributed by atoms with Gasteiger partial charge in [0.25, 0.3) is 0 Å². The van der Waals surface area contributed by atoms with Gasteiger partial charge in [-0.15, -0.1) is 0 Å². The Labute approximate surface area is 542 Å². The molecule has 0 aromatic heterocycles. The Kier molecular flexibility index (Phi) is 32.1. The summed E-state index contributed by atoms with van der Waals surface area (Å²) in [5.41, 5.74) is 0.461.